The fourth-order valence-electron chi connectivity index (χ4n) is 0.870. The third-order valence-corrected chi connectivity index (χ3v) is 2.37. The average Bonchev–Trinajstić information content (AvgIpc) is 2.01. The van der Waals surface area contributed by atoms with Gasteiger partial charge in [-0.05, 0) is 18.2 Å². The molecule has 1 rings (SSSR count). The highest BCUT2D eigenvalue weighted by Crippen LogP contribution is 2.18. The molecule has 0 fully saturated rings. The van der Waals surface area contributed by atoms with Crippen molar-refractivity contribution in [3.8, 4) is 0 Å². The summed E-state index contributed by atoms with van der Waals surface area (Å²) in [5.74, 6) is -1.32. The highest BCUT2D eigenvalue weighted by molar-refractivity contribution is 7.85. The molecule has 0 spiro atoms. The summed E-state index contributed by atoms with van der Waals surface area (Å²) in [6, 6.07) is 2.66. The van der Waals surface area contributed by atoms with Crippen LogP contribution >= 0.6 is 0 Å². The van der Waals surface area contributed by atoms with E-state index in [-0.39, 0.29) is 5.56 Å². The molecule has 1 radical (unpaired) electrons. The van der Waals surface area contributed by atoms with E-state index in [1.165, 1.54) is 0 Å². The third-order valence-electron chi connectivity index (χ3n) is 1.52. The van der Waals surface area contributed by atoms with Crippen molar-refractivity contribution in [3.05, 3.63) is 23.8 Å². The van der Waals surface area contributed by atoms with Gasteiger partial charge in [-0.25, -0.2) is 4.79 Å². The molecule has 7 heteroatoms. The van der Waals surface area contributed by atoms with Gasteiger partial charge < -0.3 is 5.11 Å². The molecule has 0 saturated heterocycles. The Morgan fingerprint density at radius 1 is 1.36 bits per heavy atom. The Morgan fingerprint density at radius 2 is 1.93 bits per heavy atom. The summed E-state index contributed by atoms with van der Waals surface area (Å²) in [6.07, 6.45) is 0. The summed E-state index contributed by atoms with van der Waals surface area (Å²) in [5, 5.41) is 8.53. The quantitative estimate of drug-likeness (QED) is 0.700. The van der Waals surface area contributed by atoms with Crippen LogP contribution in [0.15, 0.2) is 23.1 Å². The van der Waals surface area contributed by atoms with E-state index in [0.29, 0.717) is 0 Å². The van der Waals surface area contributed by atoms with Crippen molar-refractivity contribution in [1.82, 2.24) is 5.73 Å². The molecule has 0 heterocycles. The zero-order valence-corrected chi connectivity index (χ0v) is 7.58. The number of carbonyl (C=O) groups is 1. The minimum Gasteiger partial charge on any atom is -0.478 e. The van der Waals surface area contributed by atoms with Crippen molar-refractivity contribution >= 4 is 21.8 Å². The number of nitrogens with one attached hydrogen (secondary N) is 1. The second-order valence-corrected chi connectivity index (χ2v) is 3.91. The van der Waals surface area contributed by atoms with E-state index in [1.54, 1.807) is 0 Å². The Kier molecular flexibility index (Phi) is 2.45. The van der Waals surface area contributed by atoms with Crippen molar-refractivity contribution in [2.45, 2.75) is 4.90 Å². The highest BCUT2D eigenvalue weighted by atomic mass is 32.2. The summed E-state index contributed by atoms with van der Waals surface area (Å²) < 4.78 is 29.8. The maximum atomic E-state index is 10.6. The molecule has 0 saturated carbocycles. The summed E-state index contributed by atoms with van der Waals surface area (Å²) in [6.45, 7) is 0. The number of carboxylic acids is 1. The van der Waals surface area contributed by atoms with Crippen LogP contribution in [0, 0.1) is 0 Å². The molecule has 0 amide bonds. The molecule has 0 bridgehead atoms. The summed E-state index contributed by atoms with van der Waals surface area (Å²) in [5.41, 5.74) is 6.38. The molecule has 0 aliphatic heterocycles. The molecule has 14 heavy (non-hydrogen) atoms. The first-order valence-corrected chi connectivity index (χ1v) is 4.83. The topological polar surface area (TPSA) is 115 Å². The lowest BCUT2D eigenvalue weighted by molar-refractivity contribution is 0.0697. The smallest absolute Gasteiger partial charge is 0.337 e. The van der Waals surface area contributed by atoms with Gasteiger partial charge >= 0.3 is 5.97 Å². The number of hydrogen-bond donors (Lipinski definition) is 2. The van der Waals surface area contributed by atoms with Gasteiger partial charge in [0.25, 0.3) is 10.1 Å². The first-order valence-electron chi connectivity index (χ1n) is 3.39. The predicted octanol–water partition coefficient (Wildman–Crippen LogP) is 0.546. The highest BCUT2D eigenvalue weighted by Gasteiger charge is 2.14. The van der Waals surface area contributed by atoms with Crippen molar-refractivity contribution in [2.75, 3.05) is 0 Å². The molecule has 0 unspecified atom stereocenters. The maximum absolute atomic E-state index is 10.6. The van der Waals surface area contributed by atoms with E-state index in [4.69, 9.17) is 15.4 Å². The summed E-state index contributed by atoms with van der Waals surface area (Å²) >= 11 is 0. The molecular weight excluding hydrogens is 210 g/mol. The standard InChI is InChI=1S/C7H6NO5S/c8-6-3-4(14(11,12)13)1-2-5(6)7(9)10/h1-3,8H,(H,9,10)(H,11,12,13). The molecule has 0 aliphatic carbocycles. The minimum absolute atomic E-state index is 0.322. The number of benzene rings is 1. The number of carboxylic acid groups (broad SMARTS) is 1. The van der Waals surface area contributed by atoms with Crippen LogP contribution in [-0.2, 0) is 10.1 Å². The van der Waals surface area contributed by atoms with E-state index in [1.807, 2.05) is 0 Å². The largest absolute Gasteiger partial charge is 0.478 e. The zero-order chi connectivity index (χ0) is 10.9. The van der Waals surface area contributed by atoms with Crippen molar-refractivity contribution < 1.29 is 22.9 Å². The van der Waals surface area contributed by atoms with Gasteiger partial charge in [0.2, 0.25) is 0 Å². The normalized spacial score (nSPS) is 11.2. The minimum atomic E-state index is -4.38. The summed E-state index contributed by atoms with van der Waals surface area (Å²) in [4.78, 5) is 9.96. The first-order chi connectivity index (χ1) is 6.32. The van der Waals surface area contributed by atoms with Gasteiger partial charge in [-0.2, -0.15) is 8.42 Å². The average molecular weight is 216 g/mol. The number of rotatable bonds is 2. The SMILES string of the molecule is [NH]c1cc(S(=O)(=O)O)ccc1C(=O)O. The van der Waals surface area contributed by atoms with Gasteiger partial charge in [-0.1, -0.05) is 0 Å². The maximum Gasteiger partial charge on any atom is 0.337 e. The van der Waals surface area contributed by atoms with Crippen LogP contribution in [0.4, 0.5) is 5.69 Å². The Bertz CT molecular complexity index is 479. The number of hydrogen-bond acceptors (Lipinski definition) is 3. The molecule has 75 valence electrons. The van der Waals surface area contributed by atoms with Gasteiger partial charge in [0.15, 0.2) is 0 Å². The zero-order valence-electron chi connectivity index (χ0n) is 6.76. The summed E-state index contributed by atoms with van der Waals surface area (Å²) in [7, 11) is -4.38. The fourth-order valence-corrected chi connectivity index (χ4v) is 1.38. The van der Waals surface area contributed by atoms with Crippen LogP contribution in [0.25, 0.3) is 0 Å². The van der Waals surface area contributed by atoms with Crippen molar-refractivity contribution in [1.29, 1.82) is 0 Å². The van der Waals surface area contributed by atoms with E-state index in [9.17, 15) is 13.2 Å². The third kappa shape index (κ3) is 2.01. The molecule has 3 N–H and O–H groups in total. The number of aromatic carboxylic acids is 1. The second-order valence-electron chi connectivity index (χ2n) is 2.49. The molecule has 1 aromatic carbocycles. The Hall–Kier alpha value is -1.60. The molecule has 6 nitrogen and oxygen atoms in total. The lowest BCUT2D eigenvalue weighted by Gasteiger charge is -2.01. The Labute approximate surface area is 79.7 Å². The van der Waals surface area contributed by atoms with Crippen molar-refractivity contribution in [2.24, 2.45) is 0 Å². The predicted molar refractivity (Wildman–Crippen MR) is 46.0 cm³/mol. The fraction of sp³-hybridized carbons (Fsp3) is 0. The van der Waals surface area contributed by atoms with Gasteiger partial charge in [-0.3, -0.25) is 10.3 Å². The molecule has 0 aromatic heterocycles. The van der Waals surface area contributed by atoms with Crippen LogP contribution in [0.2, 0.25) is 0 Å². The van der Waals surface area contributed by atoms with E-state index < -0.39 is 26.7 Å². The van der Waals surface area contributed by atoms with E-state index in [2.05, 4.69) is 0 Å². The monoisotopic (exact) mass is 216 g/mol. The van der Waals surface area contributed by atoms with Crippen LogP contribution < -0.4 is 5.73 Å². The lowest BCUT2D eigenvalue weighted by Crippen LogP contribution is -2.02. The Morgan fingerprint density at radius 3 is 2.29 bits per heavy atom. The van der Waals surface area contributed by atoms with E-state index in [0.717, 1.165) is 18.2 Å². The van der Waals surface area contributed by atoms with Gasteiger partial charge in [-0.15, -0.1) is 0 Å². The van der Waals surface area contributed by atoms with Gasteiger partial charge in [0.1, 0.15) is 0 Å². The molecule has 0 aliphatic rings. The van der Waals surface area contributed by atoms with Crippen LogP contribution in [0.1, 0.15) is 10.4 Å². The van der Waals surface area contributed by atoms with Crippen LogP contribution in [0.3, 0.4) is 0 Å². The molecule has 0 atom stereocenters. The van der Waals surface area contributed by atoms with Gasteiger partial charge in [0, 0.05) is 0 Å². The first kappa shape index (κ1) is 10.5. The molecular formula is C7H6NO5S. The van der Waals surface area contributed by atoms with E-state index >= 15 is 0 Å². The van der Waals surface area contributed by atoms with Gasteiger partial charge in [0.05, 0.1) is 16.1 Å². The molecule has 1 aromatic rings. The van der Waals surface area contributed by atoms with Crippen LogP contribution in [0.5, 0.6) is 0 Å². The Balaban J connectivity index is 3.34. The lowest BCUT2D eigenvalue weighted by atomic mass is 10.2. The van der Waals surface area contributed by atoms with Crippen molar-refractivity contribution in [3.63, 3.8) is 0 Å². The van der Waals surface area contributed by atoms with Crippen LogP contribution in [-0.4, -0.2) is 24.0 Å². The second kappa shape index (κ2) is 3.28.